The normalized spacial score (nSPS) is 11.3. The lowest BCUT2D eigenvalue weighted by Crippen LogP contribution is -1.95. The smallest absolute Gasteiger partial charge is 0.160 e. The second-order valence-corrected chi connectivity index (χ2v) is 15.4. The van der Waals surface area contributed by atoms with Crippen molar-refractivity contribution in [2.24, 2.45) is 0 Å². The Morgan fingerprint density at radius 3 is 1.05 bits per heavy atom. The van der Waals surface area contributed by atoms with Crippen LogP contribution in [0.4, 0.5) is 0 Å². The summed E-state index contributed by atoms with van der Waals surface area (Å²) in [5, 5.41) is 2.52. The van der Waals surface area contributed by atoms with Crippen molar-refractivity contribution in [2.75, 3.05) is 0 Å². The zero-order valence-electron chi connectivity index (χ0n) is 33.4. The molecule has 0 atom stereocenters. The molecule has 2 heterocycles. The summed E-state index contributed by atoms with van der Waals surface area (Å²) in [5.41, 5.74) is 17.8. The van der Waals surface area contributed by atoms with Crippen LogP contribution in [0.1, 0.15) is 0 Å². The van der Waals surface area contributed by atoms with Crippen LogP contribution in [0, 0.1) is 0 Å². The van der Waals surface area contributed by atoms with Gasteiger partial charge in [-0.2, -0.15) is 0 Å². The van der Waals surface area contributed by atoms with E-state index >= 15 is 0 Å². The number of hydrogen-bond acceptors (Lipinski definition) is 2. The van der Waals surface area contributed by atoms with Crippen molar-refractivity contribution in [3.05, 3.63) is 237 Å². The van der Waals surface area contributed by atoms with Gasteiger partial charge in [0.15, 0.2) is 5.82 Å². The monoisotopic (exact) mass is 777 g/mol. The van der Waals surface area contributed by atoms with Crippen molar-refractivity contribution in [1.29, 1.82) is 0 Å². The molecule has 0 unspecified atom stereocenters. The van der Waals surface area contributed by atoms with E-state index in [4.69, 9.17) is 9.97 Å². The van der Waals surface area contributed by atoms with Crippen LogP contribution in [0.15, 0.2) is 237 Å². The third-order valence-corrected chi connectivity index (χ3v) is 11.6. The van der Waals surface area contributed by atoms with Gasteiger partial charge in [0, 0.05) is 33.2 Å². The number of fused-ring (bicyclic) bond motifs is 3. The second-order valence-electron chi connectivity index (χ2n) is 15.4. The summed E-state index contributed by atoms with van der Waals surface area (Å²) in [4.78, 5) is 10.1. The minimum Gasteiger partial charge on any atom is -0.309 e. The molecule has 11 aromatic rings. The fraction of sp³-hybridized carbons (Fsp3) is 0. The third-order valence-electron chi connectivity index (χ3n) is 11.6. The van der Waals surface area contributed by atoms with Gasteiger partial charge in [-0.25, -0.2) is 9.97 Å². The Bertz CT molecular complexity index is 3190. The summed E-state index contributed by atoms with van der Waals surface area (Å²) in [5.74, 6) is 0.709. The van der Waals surface area contributed by atoms with Gasteiger partial charge in [0.2, 0.25) is 0 Å². The van der Waals surface area contributed by atoms with E-state index in [0.717, 1.165) is 56.0 Å². The van der Waals surface area contributed by atoms with E-state index in [1.54, 1.807) is 0 Å². The molecule has 61 heavy (non-hydrogen) atoms. The molecule has 9 aromatic carbocycles. The van der Waals surface area contributed by atoms with E-state index in [1.165, 1.54) is 44.1 Å². The first-order chi connectivity index (χ1) is 30.2. The summed E-state index contributed by atoms with van der Waals surface area (Å²) in [7, 11) is 0. The van der Waals surface area contributed by atoms with Gasteiger partial charge in [-0.05, 0) is 93.0 Å². The number of hydrogen-bond donors (Lipinski definition) is 0. The Labute approximate surface area is 355 Å². The molecule has 0 amide bonds. The largest absolute Gasteiger partial charge is 0.309 e. The molecule has 0 saturated heterocycles. The predicted octanol–water partition coefficient (Wildman–Crippen LogP) is 15.2. The molecule has 0 spiro atoms. The topological polar surface area (TPSA) is 30.7 Å². The molecule has 286 valence electrons. The van der Waals surface area contributed by atoms with Crippen LogP contribution in [0.2, 0.25) is 0 Å². The van der Waals surface area contributed by atoms with Crippen LogP contribution in [-0.4, -0.2) is 14.5 Å². The first-order valence-electron chi connectivity index (χ1n) is 20.7. The lowest BCUT2D eigenvalue weighted by Gasteiger charge is -2.14. The molecule has 0 aliphatic heterocycles. The van der Waals surface area contributed by atoms with Gasteiger partial charge in [-0.15, -0.1) is 0 Å². The number of para-hydroxylation sites is 2. The van der Waals surface area contributed by atoms with Crippen LogP contribution in [0.5, 0.6) is 0 Å². The van der Waals surface area contributed by atoms with Gasteiger partial charge < -0.3 is 4.57 Å². The Morgan fingerprint density at radius 1 is 0.246 bits per heavy atom. The molecular formula is C58H39N3. The molecule has 0 aliphatic carbocycles. The standard InChI is InChI=1S/C58H39N3/c1-4-14-40(15-5-1)41-24-26-42(27-25-41)48-36-49(38-50(37-48)44-32-34-51(35-33-44)61-56-22-12-10-20-52(56)53-21-11-13-23-57(53)61)43-28-30-46(31-29-43)55-39-54(45-16-6-2-7-17-45)59-58(60-55)47-18-8-3-9-19-47/h1-39H. The molecular weight excluding hydrogens is 739 g/mol. The number of rotatable bonds is 8. The Kier molecular flexibility index (Phi) is 9.18. The highest BCUT2D eigenvalue weighted by Gasteiger charge is 2.15. The molecule has 11 rings (SSSR count). The Balaban J connectivity index is 0.993. The fourth-order valence-electron chi connectivity index (χ4n) is 8.52. The summed E-state index contributed by atoms with van der Waals surface area (Å²) >= 11 is 0. The summed E-state index contributed by atoms with van der Waals surface area (Å²) in [6, 6.07) is 84.2. The summed E-state index contributed by atoms with van der Waals surface area (Å²) < 4.78 is 2.37. The first kappa shape index (κ1) is 36.0. The maximum atomic E-state index is 5.08. The SMILES string of the molecule is c1ccc(-c2ccc(-c3cc(-c4ccc(-c5cc(-c6ccccc6)nc(-c6ccccc6)n5)cc4)cc(-c4ccc(-n5c6ccccc6c6ccccc65)cc4)c3)cc2)cc1. The molecule has 0 N–H and O–H groups in total. The Morgan fingerprint density at radius 2 is 0.574 bits per heavy atom. The number of benzene rings is 9. The molecule has 0 saturated carbocycles. The maximum Gasteiger partial charge on any atom is 0.160 e. The number of nitrogens with zero attached hydrogens (tertiary/aromatic N) is 3. The van der Waals surface area contributed by atoms with Crippen molar-refractivity contribution >= 4 is 21.8 Å². The van der Waals surface area contributed by atoms with Gasteiger partial charge in [0.1, 0.15) is 0 Å². The van der Waals surface area contributed by atoms with E-state index in [2.05, 4.69) is 205 Å². The van der Waals surface area contributed by atoms with Crippen LogP contribution >= 0.6 is 0 Å². The molecule has 0 bridgehead atoms. The summed E-state index contributed by atoms with van der Waals surface area (Å²) in [6.45, 7) is 0. The van der Waals surface area contributed by atoms with E-state index in [0.29, 0.717) is 5.82 Å². The minimum atomic E-state index is 0.709. The van der Waals surface area contributed by atoms with Gasteiger partial charge in [0.05, 0.1) is 22.4 Å². The van der Waals surface area contributed by atoms with Gasteiger partial charge in [-0.1, -0.05) is 188 Å². The highest BCUT2D eigenvalue weighted by molar-refractivity contribution is 6.09. The van der Waals surface area contributed by atoms with E-state index in [-0.39, 0.29) is 0 Å². The van der Waals surface area contributed by atoms with Gasteiger partial charge >= 0.3 is 0 Å². The quantitative estimate of drug-likeness (QED) is 0.154. The van der Waals surface area contributed by atoms with Gasteiger partial charge in [0.25, 0.3) is 0 Å². The second kappa shape index (κ2) is 15.6. The third kappa shape index (κ3) is 6.98. The van der Waals surface area contributed by atoms with E-state index in [9.17, 15) is 0 Å². The molecule has 0 radical (unpaired) electrons. The van der Waals surface area contributed by atoms with Crippen LogP contribution in [0.3, 0.4) is 0 Å². The Hall–Kier alpha value is -8.14. The predicted molar refractivity (Wildman–Crippen MR) is 254 cm³/mol. The van der Waals surface area contributed by atoms with Crippen LogP contribution in [0.25, 0.3) is 106 Å². The van der Waals surface area contributed by atoms with Crippen LogP contribution < -0.4 is 0 Å². The van der Waals surface area contributed by atoms with Gasteiger partial charge in [-0.3, -0.25) is 0 Å². The van der Waals surface area contributed by atoms with Crippen molar-refractivity contribution < 1.29 is 0 Å². The molecule has 3 nitrogen and oxygen atoms in total. The average molecular weight is 778 g/mol. The maximum absolute atomic E-state index is 5.08. The lowest BCUT2D eigenvalue weighted by molar-refractivity contribution is 1.18. The molecule has 2 aromatic heterocycles. The first-order valence-corrected chi connectivity index (χ1v) is 20.7. The number of aromatic nitrogens is 3. The van der Waals surface area contributed by atoms with E-state index < -0.39 is 0 Å². The lowest BCUT2D eigenvalue weighted by atomic mass is 9.92. The highest BCUT2D eigenvalue weighted by atomic mass is 15.0. The van der Waals surface area contributed by atoms with Crippen molar-refractivity contribution in [3.8, 4) is 84.1 Å². The average Bonchev–Trinajstić information content (AvgIpc) is 3.69. The summed E-state index contributed by atoms with van der Waals surface area (Å²) in [6.07, 6.45) is 0. The molecule has 0 fully saturated rings. The van der Waals surface area contributed by atoms with Crippen LogP contribution in [-0.2, 0) is 0 Å². The van der Waals surface area contributed by atoms with Crippen molar-refractivity contribution in [2.45, 2.75) is 0 Å². The fourth-order valence-corrected chi connectivity index (χ4v) is 8.52. The van der Waals surface area contributed by atoms with E-state index in [1.807, 2.05) is 36.4 Å². The minimum absolute atomic E-state index is 0.709. The zero-order chi connectivity index (χ0) is 40.5. The highest BCUT2D eigenvalue weighted by Crippen LogP contribution is 2.37. The molecule has 0 aliphatic rings. The zero-order valence-corrected chi connectivity index (χ0v) is 33.4. The van der Waals surface area contributed by atoms with Crippen molar-refractivity contribution in [1.82, 2.24) is 14.5 Å². The molecule has 3 heteroatoms. The van der Waals surface area contributed by atoms with Crippen molar-refractivity contribution in [3.63, 3.8) is 0 Å².